The summed E-state index contributed by atoms with van der Waals surface area (Å²) in [5, 5.41) is 0. The average Bonchev–Trinajstić information content (AvgIpc) is 3.07. The van der Waals surface area contributed by atoms with E-state index in [2.05, 4.69) is 20.8 Å². The number of rotatable bonds is 30. The highest BCUT2D eigenvalue weighted by molar-refractivity contribution is 6.33. The van der Waals surface area contributed by atoms with Gasteiger partial charge < -0.3 is 9.47 Å². The second kappa shape index (κ2) is 28.5. The molecule has 1 aromatic rings. The Morgan fingerprint density at radius 3 is 1.30 bits per heavy atom. The first-order chi connectivity index (χ1) is 22.5. The predicted octanol–water partition coefficient (Wildman–Crippen LogP) is 10.9. The molecule has 0 saturated carbocycles. The lowest BCUT2D eigenvalue weighted by Crippen LogP contribution is -2.17. The van der Waals surface area contributed by atoms with Crippen molar-refractivity contribution in [3.05, 3.63) is 41.0 Å². The lowest BCUT2D eigenvalue weighted by atomic mass is 9.94. The third-order valence-electron chi connectivity index (χ3n) is 8.56. The number of esters is 2. The first-order valence-electron chi connectivity index (χ1n) is 18.7. The molecule has 0 aliphatic heterocycles. The van der Waals surface area contributed by atoms with E-state index in [-0.39, 0.29) is 24.0 Å². The summed E-state index contributed by atoms with van der Waals surface area (Å²) in [5.41, 5.74) is 1.28. The van der Waals surface area contributed by atoms with Crippen LogP contribution < -0.4 is 0 Å². The fourth-order valence-corrected chi connectivity index (χ4v) is 5.66. The molecule has 0 bridgehead atoms. The maximum atomic E-state index is 13.7. The molecule has 0 aliphatic carbocycles. The van der Waals surface area contributed by atoms with Crippen molar-refractivity contribution in [3.63, 3.8) is 0 Å². The van der Waals surface area contributed by atoms with Crippen molar-refractivity contribution in [1.29, 1.82) is 0 Å². The number of benzene rings is 1. The minimum absolute atomic E-state index is 0.208. The summed E-state index contributed by atoms with van der Waals surface area (Å²) in [4.78, 5) is 50.2. The number of carbonyl (C=O) groups is 4. The van der Waals surface area contributed by atoms with Crippen LogP contribution in [0.1, 0.15) is 184 Å². The van der Waals surface area contributed by atoms with Gasteiger partial charge in [0.25, 0.3) is 0 Å². The Labute approximate surface area is 280 Å². The van der Waals surface area contributed by atoms with Crippen molar-refractivity contribution in [1.82, 2.24) is 0 Å². The highest BCUT2D eigenvalue weighted by Gasteiger charge is 2.25. The third-order valence-corrected chi connectivity index (χ3v) is 8.56. The number of hydrogen-bond acceptors (Lipinski definition) is 6. The van der Waals surface area contributed by atoms with Crippen LogP contribution in [-0.2, 0) is 23.9 Å². The monoisotopic (exact) mass is 640 g/mol. The van der Waals surface area contributed by atoms with Crippen molar-refractivity contribution in [2.45, 2.75) is 168 Å². The Morgan fingerprint density at radius 2 is 0.870 bits per heavy atom. The van der Waals surface area contributed by atoms with Crippen LogP contribution >= 0.6 is 0 Å². The lowest BCUT2D eigenvalue weighted by molar-refractivity contribution is -0.141. The molecule has 0 N–H and O–H groups in total. The number of Topliss-reactive ketones (excluding diaryl/α,β-unsaturated/α-hetero) is 1. The fourth-order valence-electron chi connectivity index (χ4n) is 5.66. The second-order valence-corrected chi connectivity index (χ2v) is 12.7. The summed E-state index contributed by atoms with van der Waals surface area (Å²) < 4.78 is 11.5. The van der Waals surface area contributed by atoms with E-state index in [1.807, 2.05) is 0 Å². The zero-order valence-electron chi connectivity index (χ0n) is 29.5. The smallest absolute Gasteiger partial charge is 0.339 e. The summed E-state index contributed by atoms with van der Waals surface area (Å²) in [5.74, 6) is -1.64. The molecule has 0 fully saturated rings. The molecule has 1 aromatic carbocycles. The van der Waals surface area contributed by atoms with Crippen LogP contribution in [0.25, 0.3) is 5.57 Å². The molecule has 6 nitrogen and oxygen atoms in total. The largest absolute Gasteiger partial charge is 0.462 e. The van der Waals surface area contributed by atoms with Gasteiger partial charge in [-0.1, -0.05) is 167 Å². The van der Waals surface area contributed by atoms with E-state index in [0.29, 0.717) is 24.2 Å². The Kier molecular flexibility index (Phi) is 25.5. The van der Waals surface area contributed by atoms with Gasteiger partial charge in [0.1, 0.15) is 0 Å². The van der Waals surface area contributed by atoms with Crippen molar-refractivity contribution in [2.75, 3.05) is 13.2 Å². The van der Waals surface area contributed by atoms with E-state index in [0.717, 1.165) is 70.6 Å². The van der Waals surface area contributed by atoms with Gasteiger partial charge in [0.15, 0.2) is 6.29 Å². The molecule has 6 heteroatoms. The Morgan fingerprint density at radius 1 is 0.500 bits per heavy atom. The number of carbonyl (C=O) groups excluding carboxylic acids is 4. The predicted molar refractivity (Wildman–Crippen MR) is 189 cm³/mol. The van der Waals surface area contributed by atoms with Gasteiger partial charge in [0.05, 0.1) is 24.4 Å². The van der Waals surface area contributed by atoms with Crippen molar-refractivity contribution in [3.8, 4) is 0 Å². The summed E-state index contributed by atoms with van der Waals surface area (Å²) in [6, 6.07) is 6.28. The molecule has 0 aromatic heterocycles. The van der Waals surface area contributed by atoms with Gasteiger partial charge in [-0.15, -0.1) is 0 Å². The molecule has 0 amide bonds. The van der Waals surface area contributed by atoms with Crippen LogP contribution in [0.15, 0.2) is 29.8 Å². The zero-order valence-corrected chi connectivity index (χ0v) is 29.5. The molecular weight excluding hydrogens is 576 g/mol. The maximum Gasteiger partial charge on any atom is 0.339 e. The van der Waals surface area contributed by atoms with E-state index in [4.69, 9.17) is 9.47 Å². The first-order valence-corrected chi connectivity index (χ1v) is 18.7. The molecule has 0 saturated heterocycles. The van der Waals surface area contributed by atoms with Gasteiger partial charge in [-0.05, 0) is 31.2 Å². The molecule has 0 spiro atoms. The minimum atomic E-state index is -0.633. The summed E-state index contributed by atoms with van der Waals surface area (Å²) in [6.07, 6.45) is 25.3. The van der Waals surface area contributed by atoms with Crippen molar-refractivity contribution >= 4 is 29.6 Å². The second-order valence-electron chi connectivity index (χ2n) is 12.7. The van der Waals surface area contributed by atoms with Crippen LogP contribution in [0.3, 0.4) is 0 Å². The van der Waals surface area contributed by atoms with E-state index in [1.54, 1.807) is 12.1 Å². The quantitative estimate of drug-likeness (QED) is 0.0208. The number of ketones is 1. The molecule has 0 aliphatic rings. The standard InChI is InChI=1S/C40H64O6/c1-4-7-10-13-16-18-21-24-31-45-39(43)36(26-23-20-15-12-9-6-3)38(35-29-27-34(28-30-35)37(42)33-41)40(44)46-32-25-22-19-17-14-11-8-5-2/h27-30,33H,4-26,31-32H2,1-3H3/b38-36-. The SMILES string of the molecule is CCCCCCCCCCOC(=O)/C(CCCCCCCC)=C(\C(=O)OCCCCCCCCCC)c1ccc(C(=O)C=O)cc1. The van der Waals surface area contributed by atoms with Crippen molar-refractivity contribution in [2.24, 2.45) is 0 Å². The molecule has 1 rings (SSSR count). The molecule has 0 radical (unpaired) electrons. The molecule has 46 heavy (non-hydrogen) atoms. The molecule has 0 heterocycles. The molecule has 0 atom stereocenters. The Bertz CT molecular complexity index is 993. The third kappa shape index (κ3) is 19.0. The molecule has 260 valence electrons. The highest BCUT2D eigenvalue weighted by Crippen LogP contribution is 2.27. The van der Waals surface area contributed by atoms with E-state index < -0.39 is 17.7 Å². The van der Waals surface area contributed by atoms with Crippen LogP contribution in [0.4, 0.5) is 0 Å². The zero-order chi connectivity index (χ0) is 33.7. The Hall–Kier alpha value is -2.76. The molecule has 0 unspecified atom stereocenters. The maximum absolute atomic E-state index is 13.7. The van der Waals surface area contributed by atoms with E-state index in [1.165, 1.54) is 82.8 Å². The topological polar surface area (TPSA) is 86.7 Å². The van der Waals surface area contributed by atoms with Crippen LogP contribution in [0.2, 0.25) is 0 Å². The van der Waals surface area contributed by atoms with Gasteiger partial charge in [0.2, 0.25) is 5.78 Å². The summed E-state index contributed by atoms with van der Waals surface area (Å²) >= 11 is 0. The lowest BCUT2D eigenvalue weighted by Gasteiger charge is -2.16. The van der Waals surface area contributed by atoms with Gasteiger partial charge in [-0.2, -0.15) is 0 Å². The molecular formula is C40H64O6. The highest BCUT2D eigenvalue weighted by atomic mass is 16.5. The van der Waals surface area contributed by atoms with Crippen LogP contribution in [0.5, 0.6) is 0 Å². The number of aldehydes is 1. The van der Waals surface area contributed by atoms with Gasteiger partial charge >= 0.3 is 11.9 Å². The summed E-state index contributed by atoms with van der Waals surface area (Å²) in [7, 11) is 0. The summed E-state index contributed by atoms with van der Waals surface area (Å²) in [6.45, 7) is 7.22. The average molecular weight is 641 g/mol. The van der Waals surface area contributed by atoms with Gasteiger partial charge in [0, 0.05) is 5.56 Å². The number of unbranched alkanes of at least 4 members (excludes halogenated alkanes) is 19. The number of hydrogen-bond donors (Lipinski definition) is 0. The van der Waals surface area contributed by atoms with Crippen LogP contribution in [0, 0.1) is 0 Å². The van der Waals surface area contributed by atoms with E-state index >= 15 is 0 Å². The normalized spacial score (nSPS) is 11.6. The van der Waals surface area contributed by atoms with Crippen LogP contribution in [-0.4, -0.2) is 37.2 Å². The van der Waals surface area contributed by atoms with Crippen molar-refractivity contribution < 1.29 is 28.7 Å². The fraction of sp³-hybridized carbons (Fsp3) is 0.700. The minimum Gasteiger partial charge on any atom is -0.462 e. The number of ether oxygens (including phenoxy) is 2. The van der Waals surface area contributed by atoms with Gasteiger partial charge in [-0.25, -0.2) is 9.59 Å². The Balaban J connectivity index is 3.05. The van der Waals surface area contributed by atoms with E-state index in [9.17, 15) is 19.2 Å². The first kappa shape index (κ1) is 41.3. The van der Waals surface area contributed by atoms with Gasteiger partial charge in [-0.3, -0.25) is 9.59 Å².